The van der Waals surface area contributed by atoms with E-state index < -0.39 is 0 Å². The van der Waals surface area contributed by atoms with Crippen LogP contribution in [-0.4, -0.2) is 28.9 Å². The number of hydrogen-bond donors (Lipinski definition) is 2. The lowest BCUT2D eigenvalue weighted by Gasteiger charge is -2.18. The van der Waals surface area contributed by atoms with Gasteiger partial charge in [0, 0.05) is 41.3 Å². The third-order valence-corrected chi connectivity index (χ3v) is 5.88. The molecule has 0 bridgehead atoms. The first-order chi connectivity index (χ1) is 18.3. The fraction of sp³-hybridized carbons (Fsp3) is 0.0645. The van der Waals surface area contributed by atoms with Crippen LogP contribution in [0.4, 0.5) is 0 Å². The van der Waals surface area contributed by atoms with Gasteiger partial charge < -0.3 is 19.4 Å². The van der Waals surface area contributed by atoms with Gasteiger partial charge in [-0.3, -0.25) is 14.4 Å². The van der Waals surface area contributed by atoms with Crippen molar-refractivity contribution in [1.82, 2.24) is 0 Å². The summed E-state index contributed by atoms with van der Waals surface area (Å²) < 4.78 is 10.4. The summed E-state index contributed by atoms with van der Waals surface area (Å²) in [6, 6.07) is 22.4. The fourth-order valence-corrected chi connectivity index (χ4v) is 4.06. The molecule has 0 amide bonds. The smallest absolute Gasteiger partial charge is 0.220 e. The van der Waals surface area contributed by atoms with Crippen molar-refractivity contribution >= 4 is 22.5 Å². The van der Waals surface area contributed by atoms with Gasteiger partial charge in [-0.2, -0.15) is 0 Å². The van der Waals surface area contributed by atoms with Crippen LogP contribution in [0.15, 0.2) is 124 Å². The monoisotopic (exact) mass is 508 g/mol. The molecular formula is C31H24O7. The summed E-state index contributed by atoms with van der Waals surface area (Å²) in [6.45, 7) is 3.75. The number of allylic oxidation sites excluding steroid dienone is 4. The average Bonchev–Trinajstić information content (AvgIpc) is 2.91. The van der Waals surface area contributed by atoms with Crippen molar-refractivity contribution in [1.29, 1.82) is 0 Å². The second-order valence-corrected chi connectivity index (χ2v) is 8.34. The lowest BCUT2D eigenvalue weighted by atomic mass is 9.85. The molecule has 0 fully saturated rings. The Balaban J connectivity index is 0.000000177. The van der Waals surface area contributed by atoms with Gasteiger partial charge in [-0.25, -0.2) is 0 Å². The number of ether oxygens (including phenoxy) is 1. The highest BCUT2D eigenvalue weighted by Gasteiger charge is 2.26. The minimum atomic E-state index is -0.349. The number of aromatic hydroxyl groups is 2. The van der Waals surface area contributed by atoms with E-state index in [1.165, 1.54) is 31.4 Å². The first-order valence-corrected chi connectivity index (χ1v) is 11.6. The van der Waals surface area contributed by atoms with E-state index in [1.54, 1.807) is 6.08 Å². The largest absolute Gasteiger partial charge is 0.508 e. The van der Waals surface area contributed by atoms with Gasteiger partial charge in [-0.05, 0) is 11.6 Å². The van der Waals surface area contributed by atoms with Gasteiger partial charge in [0.25, 0.3) is 0 Å². The number of ketones is 2. The maximum atomic E-state index is 12.1. The number of carbonyl (C=O) groups is 2. The highest BCUT2D eigenvalue weighted by molar-refractivity contribution is 6.19. The van der Waals surface area contributed by atoms with Crippen LogP contribution in [0, 0.1) is 0 Å². The van der Waals surface area contributed by atoms with Gasteiger partial charge in [0.2, 0.25) is 5.78 Å². The van der Waals surface area contributed by atoms with E-state index in [4.69, 9.17) is 9.15 Å². The predicted octanol–water partition coefficient (Wildman–Crippen LogP) is 5.44. The Morgan fingerprint density at radius 1 is 0.868 bits per heavy atom. The molecule has 190 valence electrons. The van der Waals surface area contributed by atoms with Crippen LogP contribution >= 0.6 is 0 Å². The Bertz CT molecular complexity index is 1630. The molecule has 1 aliphatic carbocycles. The summed E-state index contributed by atoms with van der Waals surface area (Å²) in [5, 5.41) is 19.2. The quantitative estimate of drug-likeness (QED) is 0.273. The third-order valence-electron chi connectivity index (χ3n) is 5.88. The number of rotatable bonds is 5. The predicted molar refractivity (Wildman–Crippen MR) is 144 cm³/mol. The zero-order valence-electron chi connectivity index (χ0n) is 20.5. The molecule has 0 aliphatic heterocycles. The Hall–Kier alpha value is -5.17. The van der Waals surface area contributed by atoms with Gasteiger partial charge in [-0.15, -0.1) is 6.58 Å². The maximum absolute atomic E-state index is 12.1. The van der Waals surface area contributed by atoms with Crippen LogP contribution < -0.4 is 5.43 Å². The average molecular weight is 509 g/mol. The number of fused-ring (bicyclic) bond motifs is 1. The minimum Gasteiger partial charge on any atom is -0.508 e. The first-order valence-electron chi connectivity index (χ1n) is 11.6. The molecule has 0 spiro atoms. The van der Waals surface area contributed by atoms with E-state index in [9.17, 15) is 24.6 Å². The molecule has 3 aromatic carbocycles. The van der Waals surface area contributed by atoms with Crippen LogP contribution in [0.3, 0.4) is 0 Å². The first kappa shape index (κ1) is 25.9. The molecule has 2 N–H and O–H groups in total. The third kappa shape index (κ3) is 5.47. The zero-order chi connectivity index (χ0) is 27.2. The van der Waals surface area contributed by atoms with Crippen LogP contribution in [0.2, 0.25) is 0 Å². The van der Waals surface area contributed by atoms with Gasteiger partial charge in [0.15, 0.2) is 17.0 Å². The number of hydrogen-bond acceptors (Lipinski definition) is 7. The summed E-state index contributed by atoms with van der Waals surface area (Å²) in [5.41, 5.74) is 1.91. The number of phenols is 2. The minimum absolute atomic E-state index is 0.0671. The highest BCUT2D eigenvalue weighted by Crippen LogP contribution is 2.31. The van der Waals surface area contributed by atoms with Crippen molar-refractivity contribution in [3.8, 4) is 22.8 Å². The number of phenolic OH excluding ortho intramolecular Hbond substituents is 2. The van der Waals surface area contributed by atoms with E-state index in [2.05, 4.69) is 6.58 Å². The van der Waals surface area contributed by atoms with E-state index in [1.807, 2.05) is 60.7 Å². The van der Waals surface area contributed by atoms with E-state index in [0.717, 1.165) is 17.2 Å². The zero-order valence-corrected chi connectivity index (χ0v) is 20.5. The van der Waals surface area contributed by atoms with Crippen molar-refractivity contribution < 1.29 is 29.0 Å². The Labute approximate surface area is 218 Å². The number of benzene rings is 3. The van der Waals surface area contributed by atoms with Crippen molar-refractivity contribution in [2.75, 3.05) is 7.11 Å². The van der Waals surface area contributed by atoms with Gasteiger partial charge in [-0.1, -0.05) is 66.7 Å². The molecule has 0 saturated heterocycles. The lowest BCUT2D eigenvalue weighted by molar-refractivity contribution is -0.117. The van der Waals surface area contributed by atoms with Gasteiger partial charge in [0.1, 0.15) is 28.2 Å². The summed E-state index contributed by atoms with van der Waals surface area (Å²) >= 11 is 0. The van der Waals surface area contributed by atoms with Crippen LogP contribution in [0.1, 0.15) is 11.5 Å². The summed E-state index contributed by atoms with van der Waals surface area (Å²) in [5.74, 6) is -0.771. The van der Waals surface area contributed by atoms with Gasteiger partial charge >= 0.3 is 0 Å². The van der Waals surface area contributed by atoms with Crippen molar-refractivity contribution in [2.24, 2.45) is 0 Å². The van der Waals surface area contributed by atoms with E-state index >= 15 is 0 Å². The maximum Gasteiger partial charge on any atom is 0.220 e. The van der Waals surface area contributed by atoms with Crippen LogP contribution in [0.5, 0.6) is 11.5 Å². The van der Waals surface area contributed by atoms with Gasteiger partial charge in [0.05, 0.1) is 7.11 Å². The topological polar surface area (TPSA) is 114 Å². The number of methoxy groups -OCH3 is 1. The molecule has 7 nitrogen and oxygen atoms in total. The molecular weight excluding hydrogens is 484 g/mol. The number of carbonyl (C=O) groups excluding carboxylic acids is 2. The molecule has 7 heteroatoms. The molecule has 5 rings (SSSR count). The molecule has 1 heterocycles. The second-order valence-electron chi connectivity index (χ2n) is 8.34. The Kier molecular flexibility index (Phi) is 7.68. The summed E-state index contributed by atoms with van der Waals surface area (Å²) in [7, 11) is 1.37. The molecule has 1 aliphatic rings. The van der Waals surface area contributed by atoms with Crippen molar-refractivity contribution in [3.63, 3.8) is 0 Å². The molecule has 1 aromatic heterocycles. The molecule has 0 radical (unpaired) electrons. The van der Waals surface area contributed by atoms with Crippen molar-refractivity contribution in [3.05, 3.63) is 131 Å². The fourth-order valence-electron chi connectivity index (χ4n) is 4.06. The summed E-state index contributed by atoms with van der Waals surface area (Å²) in [6.07, 6.45) is 4.23. The highest BCUT2D eigenvalue weighted by atomic mass is 16.5. The van der Waals surface area contributed by atoms with Crippen LogP contribution in [-0.2, 0) is 14.3 Å². The Morgan fingerprint density at radius 2 is 1.53 bits per heavy atom. The summed E-state index contributed by atoms with van der Waals surface area (Å²) in [4.78, 5) is 35.8. The molecule has 1 atom stereocenters. The van der Waals surface area contributed by atoms with E-state index in [-0.39, 0.29) is 51.1 Å². The Morgan fingerprint density at radius 3 is 2.16 bits per heavy atom. The lowest BCUT2D eigenvalue weighted by Crippen LogP contribution is -2.18. The second kappa shape index (κ2) is 11.3. The molecule has 4 aromatic rings. The van der Waals surface area contributed by atoms with Crippen molar-refractivity contribution in [2.45, 2.75) is 5.92 Å². The standard InChI is InChI=1S/C16H14O3.C15H10O4/c1-3-12(11-7-5-4-6-8-11)13-9-15(18)16(19-2)10-14(13)17;16-10-6-11(17)15-12(18)8-13(19-14(15)7-10)9-4-2-1-3-5-9/h3-10,12H,1H2,2H3;1-8,16-17H. The molecule has 38 heavy (non-hydrogen) atoms. The molecule has 1 unspecified atom stereocenters. The SMILES string of the molecule is C=CC(C1=CC(=O)C(OC)=CC1=O)c1ccccc1.O=c1cc(-c2ccccc2)oc2cc(O)cc(O)c12. The normalized spacial score (nSPS) is 13.6. The van der Waals surface area contributed by atoms with Crippen LogP contribution in [0.25, 0.3) is 22.3 Å². The van der Waals surface area contributed by atoms with E-state index in [0.29, 0.717) is 11.3 Å². The molecule has 0 saturated carbocycles.